The Morgan fingerprint density at radius 1 is 1.44 bits per heavy atom. The van der Waals surface area contributed by atoms with Crippen LogP contribution in [0.3, 0.4) is 0 Å². The highest BCUT2D eigenvalue weighted by molar-refractivity contribution is 6.30. The molecule has 0 bridgehead atoms. The smallest absolute Gasteiger partial charge is 0.141 e. The van der Waals surface area contributed by atoms with Crippen molar-refractivity contribution in [3.8, 4) is 5.69 Å². The van der Waals surface area contributed by atoms with E-state index >= 15 is 0 Å². The lowest BCUT2D eigenvalue weighted by Crippen LogP contribution is -2.06. The van der Waals surface area contributed by atoms with Crippen LogP contribution in [-0.4, -0.2) is 15.0 Å². The van der Waals surface area contributed by atoms with E-state index in [1.165, 1.54) is 12.1 Å². The highest BCUT2D eigenvalue weighted by Gasteiger charge is 2.13. The summed E-state index contributed by atoms with van der Waals surface area (Å²) >= 11 is 5.77. The summed E-state index contributed by atoms with van der Waals surface area (Å²) in [7, 11) is 0. The van der Waals surface area contributed by atoms with E-state index in [0.717, 1.165) is 24.2 Å². The molecule has 96 valence electrons. The Balaban J connectivity index is 2.49. The maximum Gasteiger partial charge on any atom is 0.141 e. The van der Waals surface area contributed by atoms with Crippen LogP contribution in [0.2, 0.25) is 5.02 Å². The molecule has 0 unspecified atom stereocenters. The first-order valence-corrected chi connectivity index (χ1v) is 6.14. The third kappa shape index (κ3) is 2.37. The molecular formula is C12H14ClFN4. The molecule has 18 heavy (non-hydrogen) atoms. The molecule has 6 heteroatoms. The summed E-state index contributed by atoms with van der Waals surface area (Å²) in [6, 6.07) is 4.47. The molecule has 0 aliphatic carbocycles. The zero-order valence-electron chi connectivity index (χ0n) is 10.0. The molecule has 2 N–H and O–H groups in total. The minimum atomic E-state index is -0.448. The third-order valence-corrected chi connectivity index (χ3v) is 2.96. The second-order valence-corrected chi connectivity index (χ2v) is 4.35. The van der Waals surface area contributed by atoms with Gasteiger partial charge in [0.2, 0.25) is 0 Å². The molecule has 0 amide bonds. The SMILES string of the molecule is CCCc1c(CN)nnn1-c1ccc(F)c(Cl)c1. The number of nitrogens with zero attached hydrogens (tertiary/aromatic N) is 3. The van der Waals surface area contributed by atoms with Crippen LogP contribution in [0.5, 0.6) is 0 Å². The molecule has 0 saturated heterocycles. The summed E-state index contributed by atoms with van der Waals surface area (Å²) in [5.74, 6) is -0.448. The molecule has 4 nitrogen and oxygen atoms in total. The molecule has 0 fully saturated rings. The normalized spacial score (nSPS) is 10.9. The van der Waals surface area contributed by atoms with Crippen molar-refractivity contribution < 1.29 is 4.39 Å². The van der Waals surface area contributed by atoms with Crippen LogP contribution < -0.4 is 5.73 Å². The molecule has 1 aromatic heterocycles. The number of hydrogen-bond acceptors (Lipinski definition) is 3. The molecule has 0 atom stereocenters. The van der Waals surface area contributed by atoms with Gasteiger partial charge >= 0.3 is 0 Å². The standard InChI is InChI=1S/C12H14ClFN4/c1-2-3-12-11(7-15)16-17-18(12)8-4-5-10(14)9(13)6-8/h4-6H,2-3,7,15H2,1H3. The van der Waals surface area contributed by atoms with Gasteiger partial charge < -0.3 is 5.73 Å². The van der Waals surface area contributed by atoms with Gasteiger partial charge in [-0.05, 0) is 24.6 Å². The predicted molar refractivity (Wildman–Crippen MR) is 68.2 cm³/mol. The van der Waals surface area contributed by atoms with Crippen LogP contribution >= 0.6 is 11.6 Å². The summed E-state index contributed by atoms with van der Waals surface area (Å²) in [5.41, 5.74) is 8.02. The van der Waals surface area contributed by atoms with Gasteiger partial charge in [0, 0.05) is 6.54 Å². The van der Waals surface area contributed by atoms with Gasteiger partial charge in [-0.3, -0.25) is 0 Å². The van der Waals surface area contributed by atoms with Crippen LogP contribution in [-0.2, 0) is 13.0 Å². The number of rotatable bonds is 4. The van der Waals surface area contributed by atoms with Gasteiger partial charge in [-0.2, -0.15) is 0 Å². The number of benzene rings is 1. The summed E-state index contributed by atoms with van der Waals surface area (Å²) in [6.07, 6.45) is 1.77. The molecule has 2 rings (SSSR count). The molecule has 0 saturated carbocycles. The topological polar surface area (TPSA) is 56.7 Å². The monoisotopic (exact) mass is 268 g/mol. The van der Waals surface area contributed by atoms with Gasteiger partial charge in [0.15, 0.2) is 0 Å². The van der Waals surface area contributed by atoms with Crippen LogP contribution in [0, 0.1) is 5.82 Å². The zero-order chi connectivity index (χ0) is 13.1. The van der Waals surface area contributed by atoms with Gasteiger partial charge in [0.05, 0.1) is 22.1 Å². The highest BCUT2D eigenvalue weighted by atomic mass is 35.5. The fraction of sp³-hybridized carbons (Fsp3) is 0.333. The van der Waals surface area contributed by atoms with E-state index in [-0.39, 0.29) is 5.02 Å². The molecule has 2 aromatic rings. The van der Waals surface area contributed by atoms with Crippen molar-refractivity contribution in [2.24, 2.45) is 5.73 Å². The van der Waals surface area contributed by atoms with Crippen LogP contribution in [0.4, 0.5) is 4.39 Å². The van der Waals surface area contributed by atoms with Gasteiger partial charge in [-0.15, -0.1) is 5.10 Å². The third-order valence-electron chi connectivity index (χ3n) is 2.67. The molecule has 0 aliphatic heterocycles. The molecule has 0 radical (unpaired) electrons. The molecular weight excluding hydrogens is 255 g/mol. The summed E-state index contributed by atoms with van der Waals surface area (Å²) in [6.45, 7) is 2.40. The van der Waals surface area contributed by atoms with E-state index in [4.69, 9.17) is 17.3 Å². The van der Waals surface area contributed by atoms with Crippen molar-refractivity contribution in [1.82, 2.24) is 15.0 Å². The van der Waals surface area contributed by atoms with E-state index in [9.17, 15) is 4.39 Å². The minimum absolute atomic E-state index is 0.0692. The summed E-state index contributed by atoms with van der Waals surface area (Å²) < 4.78 is 14.8. The highest BCUT2D eigenvalue weighted by Crippen LogP contribution is 2.20. The lowest BCUT2D eigenvalue weighted by atomic mass is 10.2. The quantitative estimate of drug-likeness (QED) is 0.927. The van der Waals surface area contributed by atoms with Crippen molar-refractivity contribution in [1.29, 1.82) is 0 Å². The van der Waals surface area contributed by atoms with Gasteiger partial charge in [-0.25, -0.2) is 9.07 Å². The Hall–Kier alpha value is -1.46. The van der Waals surface area contributed by atoms with E-state index in [1.54, 1.807) is 10.7 Å². The van der Waals surface area contributed by atoms with Crippen molar-refractivity contribution in [2.75, 3.05) is 0 Å². The van der Waals surface area contributed by atoms with E-state index in [1.807, 2.05) is 0 Å². The van der Waals surface area contributed by atoms with Gasteiger partial charge in [0.25, 0.3) is 0 Å². The zero-order valence-corrected chi connectivity index (χ0v) is 10.8. The Labute approximate surface area is 110 Å². The van der Waals surface area contributed by atoms with E-state index in [2.05, 4.69) is 17.2 Å². The number of aromatic nitrogens is 3. The van der Waals surface area contributed by atoms with Crippen molar-refractivity contribution in [2.45, 2.75) is 26.3 Å². The maximum atomic E-state index is 13.1. The van der Waals surface area contributed by atoms with Crippen LogP contribution in [0.1, 0.15) is 24.7 Å². The molecule has 0 spiro atoms. The van der Waals surface area contributed by atoms with Gasteiger partial charge in [0.1, 0.15) is 5.82 Å². The van der Waals surface area contributed by atoms with E-state index < -0.39 is 5.82 Å². The van der Waals surface area contributed by atoms with Crippen molar-refractivity contribution in [3.05, 3.63) is 40.4 Å². The second kappa shape index (κ2) is 5.46. The first-order chi connectivity index (χ1) is 8.67. The lowest BCUT2D eigenvalue weighted by Gasteiger charge is -2.07. The fourth-order valence-electron chi connectivity index (χ4n) is 1.80. The second-order valence-electron chi connectivity index (χ2n) is 3.95. The fourth-order valence-corrected chi connectivity index (χ4v) is 1.98. The average Bonchev–Trinajstić information content (AvgIpc) is 2.76. The number of halogens is 2. The minimum Gasteiger partial charge on any atom is -0.325 e. The Morgan fingerprint density at radius 2 is 2.22 bits per heavy atom. The van der Waals surface area contributed by atoms with E-state index in [0.29, 0.717) is 12.2 Å². The predicted octanol–water partition coefficient (Wildman–Crippen LogP) is 2.47. The summed E-state index contributed by atoms with van der Waals surface area (Å²) in [5, 5.41) is 8.15. The molecule has 1 heterocycles. The molecule has 0 aliphatic rings. The Kier molecular flexibility index (Phi) is 3.93. The Morgan fingerprint density at radius 3 is 2.83 bits per heavy atom. The first-order valence-electron chi connectivity index (χ1n) is 5.76. The van der Waals surface area contributed by atoms with Crippen molar-refractivity contribution >= 4 is 11.6 Å². The maximum absolute atomic E-state index is 13.1. The average molecular weight is 269 g/mol. The van der Waals surface area contributed by atoms with Crippen LogP contribution in [0.25, 0.3) is 5.69 Å². The Bertz CT molecular complexity index is 553. The first kappa shape index (κ1) is 13.0. The number of hydrogen-bond donors (Lipinski definition) is 1. The largest absolute Gasteiger partial charge is 0.325 e. The van der Waals surface area contributed by atoms with Gasteiger partial charge in [-0.1, -0.05) is 30.2 Å². The molecule has 1 aromatic carbocycles. The number of nitrogens with two attached hydrogens (primary N) is 1. The summed E-state index contributed by atoms with van der Waals surface area (Å²) in [4.78, 5) is 0. The lowest BCUT2D eigenvalue weighted by molar-refractivity contribution is 0.626. The van der Waals surface area contributed by atoms with Crippen LogP contribution in [0.15, 0.2) is 18.2 Å². The van der Waals surface area contributed by atoms with Crippen molar-refractivity contribution in [3.63, 3.8) is 0 Å².